The Morgan fingerprint density at radius 1 is 1.00 bits per heavy atom. The molecule has 2 heterocycles. The first-order chi connectivity index (χ1) is 8.54. The summed E-state index contributed by atoms with van der Waals surface area (Å²) >= 11 is 0. The fraction of sp³-hybridized carbons (Fsp3) is 0.429. The van der Waals surface area contributed by atoms with Crippen molar-refractivity contribution in [3.63, 3.8) is 0 Å². The molecule has 0 radical (unpaired) electrons. The summed E-state index contributed by atoms with van der Waals surface area (Å²) in [7, 11) is 0. The van der Waals surface area contributed by atoms with Crippen LogP contribution in [0.3, 0.4) is 0 Å². The molecule has 2 aromatic heterocycles. The zero-order chi connectivity index (χ0) is 13.1. The molecule has 0 saturated heterocycles. The van der Waals surface area contributed by atoms with Gasteiger partial charge in [0.25, 0.3) is 0 Å². The van der Waals surface area contributed by atoms with Crippen molar-refractivity contribution in [1.29, 1.82) is 0 Å². The van der Waals surface area contributed by atoms with Crippen molar-refractivity contribution in [3.8, 4) is 0 Å². The van der Waals surface area contributed by atoms with Crippen molar-refractivity contribution in [3.05, 3.63) is 47.3 Å². The van der Waals surface area contributed by atoms with E-state index in [9.17, 15) is 5.11 Å². The van der Waals surface area contributed by atoms with Gasteiger partial charge in [0, 0.05) is 0 Å². The molecule has 0 fully saturated rings. The Hall–Kier alpha value is -1.52. The number of aliphatic hydroxyl groups is 1. The second-order valence-electron chi connectivity index (χ2n) is 4.56. The Balaban J connectivity index is 2.04. The first-order valence-electron chi connectivity index (χ1n) is 6.07. The summed E-state index contributed by atoms with van der Waals surface area (Å²) in [4.78, 5) is 1.89. The van der Waals surface area contributed by atoms with Crippen LogP contribution in [0.2, 0.25) is 0 Å². The topological polar surface area (TPSA) is 49.8 Å². The lowest BCUT2D eigenvalue weighted by molar-refractivity contribution is -0.00199. The summed E-state index contributed by atoms with van der Waals surface area (Å²) in [5, 5.41) is 9.79. The van der Waals surface area contributed by atoms with Crippen LogP contribution in [0.5, 0.6) is 0 Å². The number of aryl methyl sites for hydroxylation is 2. The van der Waals surface area contributed by atoms with E-state index in [-0.39, 0.29) is 0 Å². The van der Waals surface area contributed by atoms with Gasteiger partial charge in [0.2, 0.25) is 0 Å². The van der Waals surface area contributed by atoms with Crippen LogP contribution >= 0.6 is 0 Å². The third-order valence-electron chi connectivity index (χ3n) is 2.84. The van der Waals surface area contributed by atoms with Crippen LogP contribution in [-0.2, 0) is 13.1 Å². The molecule has 0 aliphatic heterocycles. The van der Waals surface area contributed by atoms with Gasteiger partial charge in [-0.15, -0.1) is 0 Å². The molecule has 98 valence electrons. The van der Waals surface area contributed by atoms with Crippen LogP contribution in [-0.4, -0.2) is 16.2 Å². The molecule has 18 heavy (non-hydrogen) atoms. The SMILES string of the molecule is Cc1ccc(CN(Cc2ccc(C)o2)C(C)O)o1. The molecule has 4 heteroatoms. The van der Waals surface area contributed by atoms with Crippen molar-refractivity contribution in [2.45, 2.75) is 40.1 Å². The standard InChI is InChI=1S/C14H19NO3/c1-10-4-6-13(17-10)8-15(12(3)16)9-14-7-5-11(2)18-14/h4-7,12,16H,8-9H2,1-3H3. The molecule has 4 nitrogen and oxygen atoms in total. The predicted octanol–water partition coefficient (Wildman–Crippen LogP) is 2.83. The van der Waals surface area contributed by atoms with Gasteiger partial charge in [0.1, 0.15) is 29.3 Å². The number of rotatable bonds is 5. The smallest absolute Gasteiger partial charge is 0.118 e. The average molecular weight is 249 g/mol. The summed E-state index contributed by atoms with van der Waals surface area (Å²) in [6.45, 7) is 6.68. The first-order valence-corrected chi connectivity index (χ1v) is 6.07. The van der Waals surface area contributed by atoms with Gasteiger partial charge >= 0.3 is 0 Å². The monoisotopic (exact) mass is 249 g/mol. The Labute approximate surface area is 107 Å². The average Bonchev–Trinajstić information content (AvgIpc) is 2.87. The fourth-order valence-electron chi connectivity index (χ4n) is 1.86. The fourth-order valence-corrected chi connectivity index (χ4v) is 1.86. The molecular weight excluding hydrogens is 230 g/mol. The summed E-state index contributed by atoms with van der Waals surface area (Å²) in [6, 6.07) is 7.70. The van der Waals surface area contributed by atoms with Crippen molar-refractivity contribution in [2.75, 3.05) is 0 Å². The summed E-state index contributed by atoms with van der Waals surface area (Å²) in [5.74, 6) is 3.45. The number of hydrogen-bond acceptors (Lipinski definition) is 4. The highest BCUT2D eigenvalue weighted by molar-refractivity contribution is 5.07. The molecule has 0 bridgehead atoms. The highest BCUT2D eigenvalue weighted by Gasteiger charge is 2.15. The number of furan rings is 2. The van der Waals surface area contributed by atoms with Gasteiger partial charge in [-0.3, -0.25) is 4.90 Å². The lowest BCUT2D eigenvalue weighted by Gasteiger charge is -2.23. The highest BCUT2D eigenvalue weighted by Crippen LogP contribution is 2.15. The van der Waals surface area contributed by atoms with Crippen molar-refractivity contribution in [2.24, 2.45) is 0 Å². The molecule has 1 N–H and O–H groups in total. The molecule has 0 aromatic carbocycles. The first kappa shape index (κ1) is 12.9. The maximum atomic E-state index is 9.79. The Morgan fingerprint density at radius 3 is 1.72 bits per heavy atom. The van der Waals surface area contributed by atoms with E-state index in [2.05, 4.69) is 0 Å². The van der Waals surface area contributed by atoms with Crippen molar-refractivity contribution in [1.82, 2.24) is 4.90 Å². The molecule has 0 saturated carbocycles. The Kier molecular flexibility index (Phi) is 3.89. The largest absolute Gasteiger partial charge is 0.465 e. The van der Waals surface area contributed by atoms with Gasteiger partial charge in [0.15, 0.2) is 0 Å². The molecule has 0 aliphatic carbocycles. The molecule has 1 atom stereocenters. The quantitative estimate of drug-likeness (QED) is 0.828. The van der Waals surface area contributed by atoms with Gasteiger partial charge in [-0.25, -0.2) is 0 Å². The van der Waals surface area contributed by atoms with E-state index in [0.29, 0.717) is 13.1 Å². The second kappa shape index (κ2) is 5.42. The molecule has 1 unspecified atom stereocenters. The minimum atomic E-state index is -0.555. The normalized spacial score (nSPS) is 13.2. The van der Waals surface area contributed by atoms with E-state index in [1.807, 2.05) is 43.0 Å². The van der Waals surface area contributed by atoms with Crippen molar-refractivity contribution < 1.29 is 13.9 Å². The van der Waals surface area contributed by atoms with Crippen LogP contribution in [0, 0.1) is 13.8 Å². The molecule has 0 aliphatic rings. The number of nitrogens with zero attached hydrogens (tertiary/aromatic N) is 1. The minimum absolute atomic E-state index is 0.555. The second-order valence-corrected chi connectivity index (χ2v) is 4.56. The predicted molar refractivity (Wildman–Crippen MR) is 67.8 cm³/mol. The third-order valence-corrected chi connectivity index (χ3v) is 2.84. The maximum Gasteiger partial charge on any atom is 0.118 e. The third kappa shape index (κ3) is 3.24. The lowest BCUT2D eigenvalue weighted by Crippen LogP contribution is -2.31. The Bertz CT molecular complexity index is 456. The highest BCUT2D eigenvalue weighted by atomic mass is 16.3. The van der Waals surface area contributed by atoms with E-state index in [1.165, 1.54) is 0 Å². The molecule has 2 aromatic rings. The zero-order valence-corrected chi connectivity index (χ0v) is 11.0. The summed E-state index contributed by atoms with van der Waals surface area (Å²) in [6.07, 6.45) is -0.555. The van der Waals surface area contributed by atoms with Crippen LogP contribution in [0.15, 0.2) is 33.1 Å². The van der Waals surface area contributed by atoms with E-state index < -0.39 is 6.23 Å². The zero-order valence-electron chi connectivity index (χ0n) is 11.0. The van der Waals surface area contributed by atoms with E-state index in [0.717, 1.165) is 23.0 Å². The Morgan fingerprint density at radius 2 is 1.44 bits per heavy atom. The summed E-state index contributed by atoms with van der Waals surface area (Å²) in [5.41, 5.74) is 0. The van der Waals surface area contributed by atoms with Crippen LogP contribution in [0.4, 0.5) is 0 Å². The maximum absolute atomic E-state index is 9.79. The number of aliphatic hydroxyl groups excluding tert-OH is 1. The molecule has 2 rings (SSSR count). The molecular formula is C14H19NO3. The van der Waals surface area contributed by atoms with Gasteiger partial charge in [0.05, 0.1) is 13.1 Å². The van der Waals surface area contributed by atoms with E-state index in [1.54, 1.807) is 6.92 Å². The van der Waals surface area contributed by atoms with Gasteiger partial charge in [-0.2, -0.15) is 0 Å². The minimum Gasteiger partial charge on any atom is -0.465 e. The van der Waals surface area contributed by atoms with Gasteiger partial charge < -0.3 is 13.9 Å². The van der Waals surface area contributed by atoms with Crippen molar-refractivity contribution >= 4 is 0 Å². The van der Waals surface area contributed by atoms with Gasteiger partial charge in [-0.1, -0.05) is 0 Å². The molecule has 0 spiro atoms. The van der Waals surface area contributed by atoms with E-state index in [4.69, 9.17) is 8.83 Å². The lowest BCUT2D eigenvalue weighted by atomic mass is 10.3. The van der Waals surface area contributed by atoms with E-state index >= 15 is 0 Å². The number of hydrogen-bond donors (Lipinski definition) is 1. The van der Waals surface area contributed by atoms with Gasteiger partial charge in [-0.05, 0) is 45.0 Å². The van der Waals surface area contributed by atoms with Crippen LogP contribution in [0.25, 0.3) is 0 Å². The van der Waals surface area contributed by atoms with Crippen LogP contribution in [0.1, 0.15) is 30.0 Å². The summed E-state index contributed by atoms with van der Waals surface area (Å²) < 4.78 is 11.0. The van der Waals surface area contributed by atoms with Crippen LogP contribution < -0.4 is 0 Å². The molecule has 0 amide bonds.